The molecule has 0 saturated carbocycles. The van der Waals surface area contributed by atoms with Gasteiger partial charge in [-0.15, -0.1) is 0 Å². The summed E-state index contributed by atoms with van der Waals surface area (Å²) in [7, 11) is 0. The first-order valence-electron chi connectivity index (χ1n) is 3.69. The van der Waals surface area contributed by atoms with E-state index in [0.717, 1.165) is 0 Å². The van der Waals surface area contributed by atoms with Crippen LogP contribution in [-0.4, -0.2) is 6.61 Å². The second-order valence-electron chi connectivity index (χ2n) is 2.36. The molecule has 5 heteroatoms. The highest BCUT2D eigenvalue weighted by Crippen LogP contribution is 2.31. The van der Waals surface area contributed by atoms with Crippen molar-refractivity contribution in [2.24, 2.45) is 0 Å². The molecule has 0 saturated heterocycles. The molecule has 1 nitrogen and oxygen atoms in total. The van der Waals surface area contributed by atoms with Gasteiger partial charge in [0.25, 0.3) is 0 Å². The van der Waals surface area contributed by atoms with Gasteiger partial charge < -0.3 is 4.74 Å². The third-order valence-electron chi connectivity index (χ3n) is 1.39. The van der Waals surface area contributed by atoms with Gasteiger partial charge in [0.2, 0.25) is 0 Å². The zero-order valence-corrected chi connectivity index (χ0v) is 10.0. The molecule has 0 heterocycles. The van der Waals surface area contributed by atoms with Gasteiger partial charge in [-0.3, -0.25) is 0 Å². The van der Waals surface area contributed by atoms with Crippen LogP contribution < -0.4 is 4.74 Å². The summed E-state index contributed by atoms with van der Waals surface area (Å²) < 4.78 is 16.9. The smallest absolute Gasteiger partial charge is 0.165 e. The third kappa shape index (κ3) is 3.48. The molecular formula is C9H6BrCl2FO. The number of hydrogen-bond donors (Lipinski definition) is 0. The molecule has 0 radical (unpaired) electrons. The van der Waals surface area contributed by atoms with Crippen LogP contribution in [0.15, 0.2) is 29.0 Å². The molecule has 0 amide bonds. The Morgan fingerprint density at radius 3 is 2.86 bits per heavy atom. The lowest BCUT2D eigenvalue weighted by Crippen LogP contribution is -1.94. The molecule has 0 aliphatic heterocycles. The molecule has 76 valence electrons. The Morgan fingerprint density at radius 2 is 2.21 bits per heavy atom. The molecule has 0 N–H and O–H groups in total. The van der Waals surface area contributed by atoms with Crippen LogP contribution in [0.1, 0.15) is 0 Å². The summed E-state index contributed by atoms with van der Waals surface area (Å²) in [5, 5.41) is 0.741. The molecule has 0 aliphatic rings. The van der Waals surface area contributed by atoms with Crippen molar-refractivity contribution in [2.45, 2.75) is 0 Å². The molecule has 1 rings (SSSR count). The fraction of sp³-hybridized carbons (Fsp3) is 0.111. The number of rotatable bonds is 3. The van der Waals surface area contributed by atoms with Crippen LogP contribution in [0.4, 0.5) is 4.39 Å². The highest BCUT2D eigenvalue weighted by Gasteiger charge is 2.03. The van der Waals surface area contributed by atoms with Crippen molar-refractivity contribution < 1.29 is 9.13 Å². The minimum absolute atomic E-state index is 0.0944. The van der Waals surface area contributed by atoms with E-state index in [9.17, 15) is 4.39 Å². The average Bonchev–Trinajstić information content (AvgIpc) is 2.12. The van der Waals surface area contributed by atoms with E-state index in [-0.39, 0.29) is 6.61 Å². The highest BCUT2D eigenvalue weighted by atomic mass is 79.9. The molecule has 0 bridgehead atoms. The maximum Gasteiger partial charge on any atom is 0.165 e. The fourth-order valence-corrected chi connectivity index (χ4v) is 1.27. The highest BCUT2D eigenvalue weighted by molar-refractivity contribution is 9.11. The van der Waals surface area contributed by atoms with Gasteiger partial charge in [-0.2, -0.15) is 4.39 Å². The molecule has 0 aliphatic carbocycles. The van der Waals surface area contributed by atoms with E-state index >= 15 is 0 Å². The van der Waals surface area contributed by atoms with Gasteiger partial charge in [0.05, 0.1) is 5.02 Å². The predicted octanol–water partition coefficient (Wildman–Crippen LogP) is 4.58. The number of ether oxygens (including phenoxy) is 1. The van der Waals surface area contributed by atoms with Crippen LogP contribution in [0.5, 0.6) is 5.75 Å². The summed E-state index contributed by atoms with van der Waals surface area (Å²) in [6.07, 6.45) is 1.23. The van der Waals surface area contributed by atoms with Gasteiger partial charge in [-0.1, -0.05) is 29.3 Å². The molecule has 1 aromatic rings. The summed E-state index contributed by atoms with van der Waals surface area (Å²) in [4.78, 5) is 0. The SMILES string of the molecule is FC(Br)=CCOc1cccc(Cl)c1Cl. The van der Waals surface area contributed by atoms with Crippen molar-refractivity contribution in [3.63, 3.8) is 0 Å². The summed E-state index contributed by atoms with van der Waals surface area (Å²) in [6, 6.07) is 5.02. The van der Waals surface area contributed by atoms with Crippen molar-refractivity contribution in [3.05, 3.63) is 39.1 Å². The first-order valence-corrected chi connectivity index (χ1v) is 5.24. The second-order valence-corrected chi connectivity index (χ2v) is 3.90. The van der Waals surface area contributed by atoms with Gasteiger partial charge in [-0.25, -0.2) is 0 Å². The van der Waals surface area contributed by atoms with E-state index in [0.29, 0.717) is 15.8 Å². The Balaban J connectivity index is 2.68. The van der Waals surface area contributed by atoms with Crippen LogP contribution in [0.25, 0.3) is 0 Å². The van der Waals surface area contributed by atoms with E-state index in [1.54, 1.807) is 18.2 Å². The third-order valence-corrected chi connectivity index (χ3v) is 2.52. The lowest BCUT2D eigenvalue weighted by Gasteiger charge is -2.05. The zero-order valence-electron chi connectivity index (χ0n) is 6.94. The topological polar surface area (TPSA) is 9.23 Å². The van der Waals surface area contributed by atoms with Crippen molar-refractivity contribution >= 4 is 39.1 Å². The molecule has 0 fully saturated rings. The molecule has 0 unspecified atom stereocenters. The van der Waals surface area contributed by atoms with Crippen molar-refractivity contribution in [3.8, 4) is 5.75 Å². The Labute approximate surface area is 99.6 Å². The summed E-state index contributed by atoms with van der Waals surface area (Å²) in [5.74, 6) is 0.434. The van der Waals surface area contributed by atoms with Crippen LogP contribution in [0, 0.1) is 0 Å². The fourth-order valence-electron chi connectivity index (χ4n) is 0.790. The Hall–Kier alpha value is -0.250. The molecule has 0 aromatic heterocycles. The van der Waals surface area contributed by atoms with Crippen LogP contribution in [0.3, 0.4) is 0 Å². The second kappa shape index (κ2) is 5.59. The van der Waals surface area contributed by atoms with E-state index in [4.69, 9.17) is 27.9 Å². The Bertz CT molecular complexity index is 351. The standard InChI is InChI=1S/C9H6BrCl2FO/c10-8(13)4-5-14-7-3-1-2-6(11)9(7)12/h1-4H,5H2. The maximum atomic E-state index is 12.2. The Morgan fingerprint density at radius 1 is 1.50 bits per heavy atom. The minimum Gasteiger partial charge on any atom is -0.488 e. The molecular weight excluding hydrogens is 294 g/mol. The summed E-state index contributed by atoms with van der Waals surface area (Å²) in [6.45, 7) is 0.0944. The van der Waals surface area contributed by atoms with Crippen molar-refractivity contribution in [1.82, 2.24) is 0 Å². The molecule has 0 atom stereocenters. The zero-order chi connectivity index (χ0) is 10.6. The monoisotopic (exact) mass is 298 g/mol. The average molecular weight is 300 g/mol. The molecule has 14 heavy (non-hydrogen) atoms. The van der Waals surface area contributed by atoms with Gasteiger partial charge >= 0.3 is 0 Å². The summed E-state index contributed by atoms with van der Waals surface area (Å²) >= 11 is 14.2. The van der Waals surface area contributed by atoms with Crippen LogP contribution in [-0.2, 0) is 0 Å². The first-order chi connectivity index (χ1) is 6.61. The maximum absolute atomic E-state index is 12.2. The van der Waals surface area contributed by atoms with Crippen LogP contribution >= 0.6 is 39.1 Å². The number of benzene rings is 1. The molecule has 0 spiro atoms. The normalized spacial score (nSPS) is 11.6. The van der Waals surface area contributed by atoms with Crippen LogP contribution in [0.2, 0.25) is 10.0 Å². The van der Waals surface area contributed by atoms with E-state index < -0.39 is 4.74 Å². The minimum atomic E-state index is -0.476. The number of hydrogen-bond acceptors (Lipinski definition) is 1. The van der Waals surface area contributed by atoms with Gasteiger partial charge in [-0.05, 0) is 34.1 Å². The number of halogens is 4. The van der Waals surface area contributed by atoms with Gasteiger partial charge in [0.1, 0.15) is 17.4 Å². The van der Waals surface area contributed by atoms with E-state index in [1.807, 2.05) is 0 Å². The van der Waals surface area contributed by atoms with Crippen molar-refractivity contribution in [2.75, 3.05) is 6.61 Å². The van der Waals surface area contributed by atoms with Gasteiger partial charge in [0.15, 0.2) is 4.74 Å². The van der Waals surface area contributed by atoms with Gasteiger partial charge in [0, 0.05) is 0 Å². The van der Waals surface area contributed by atoms with E-state index in [2.05, 4.69) is 15.9 Å². The van der Waals surface area contributed by atoms with E-state index in [1.165, 1.54) is 6.08 Å². The Kier molecular flexibility index (Phi) is 4.72. The quantitative estimate of drug-likeness (QED) is 0.794. The summed E-state index contributed by atoms with van der Waals surface area (Å²) in [5.41, 5.74) is 0. The lowest BCUT2D eigenvalue weighted by atomic mass is 10.3. The first kappa shape index (κ1) is 11.8. The largest absolute Gasteiger partial charge is 0.488 e. The molecule has 1 aromatic carbocycles. The lowest BCUT2D eigenvalue weighted by molar-refractivity contribution is 0.361. The predicted molar refractivity (Wildman–Crippen MR) is 60.1 cm³/mol. The van der Waals surface area contributed by atoms with Crippen molar-refractivity contribution in [1.29, 1.82) is 0 Å².